The highest BCUT2D eigenvalue weighted by molar-refractivity contribution is 5.84. The number of fused-ring (bicyclic) bond motifs is 1. The average molecular weight is 329 g/mol. The first-order valence-corrected chi connectivity index (χ1v) is 7.76. The first-order chi connectivity index (χ1) is 11.5. The Bertz CT molecular complexity index is 731. The van der Waals surface area contributed by atoms with Crippen molar-refractivity contribution < 1.29 is 19.4 Å². The lowest BCUT2D eigenvalue weighted by molar-refractivity contribution is 0.0690. The second-order valence-corrected chi connectivity index (χ2v) is 5.86. The lowest BCUT2D eigenvalue weighted by Gasteiger charge is -2.25. The van der Waals surface area contributed by atoms with E-state index in [4.69, 9.17) is 14.6 Å². The summed E-state index contributed by atoms with van der Waals surface area (Å²) in [5.74, 6) is 1.18. The van der Waals surface area contributed by atoms with Crippen LogP contribution in [0.15, 0.2) is 30.6 Å². The van der Waals surface area contributed by atoms with Gasteiger partial charge in [0.05, 0.1) is 18.4 Å². The molecule has 0 amide bonds. The maximum absolute atomic E-state index is 10.9. The maximum Gasteiger partial charge on any atom is 0.356 e. The van der Waals surface area contributed by atoms with Gasteiger partial charge >= 0.3 is 5.97 Å². The molecule has 1 aliphatic rings. The van der Waals surface area contributed by atoms with Crippen molar-refractivity contribution in [3.05, 3.63) is 41.9 Å². The summed E-state index contributed by atoms with van der Waals surface area (Å²) in [4.78, 5) is 18.9. The van der Waals surface area contributed by atoms with Gasteiger partial charge in [-0.1, -0.05) is 19.9 Å². The number of anilines is 1. The number of nitrogens with zero attached hydrogens (tertiary/aromatic N) is 2. The molecule has 24 heavy (non-hydrogen) atoms. The van der Waals surface area contributed by atoms with Crippen LogP contribution in [-0.4, -0.2) is 34.3 Å². The number of carboxylic acid groups (broad SMARTS) is 1. The van der Waals surface area contributed by atoms with Crippen LogP contribution >= 0.6 is 0 Å². The van der Waals surface area contributed by atoms with Crippen molar-refractivity contribution in [2.45, 2.75) is 19.9 Å². The lowest BCUT2D eigenvalue weighted by atomic mass is 9.95. The van der Waals surface area contributed by atoms with Gasteiger partial charge in [0.2, 0.25) is 0 Å². The molecule has 126 valence electrons. The SMILES string of the molecule is CC(C)C(Nc1cnc(C(=O)O)cn1)c1ccc2c(c1)OCCO2. The molecule has 1 aromatic carbocycles. The summed E-state index contributed by atoms with van der Waals surface area (Å²) in [6.45, 7) is 5.28. The van der Waals surface area contributed by atoms with E-state index in [1.54, 1.807) is 0 Å². The van der Waals surface area contributed by atoms with Crippen molar-refractivity contribution in [3.8, 4) is 11.5 Å². The molecule has 0 saturated heterocycles. The fourth-order valence-corrected chi connectivity index (χ4v) is 2.56. The number of carboxylic acids is 1. The molecular formula is C17H19N3O4. The molecule has 0 aliphatic carbocycles. The van der Waals surface area contributed by atoms with Gasteiger partial charge in [-0.05, 0) is 23.6 Å². The van der Waals surface area contributed by atoms with E-state index in [0.717, 1.165) is 17.1 Å². The van der Waals surface area contributed by atoms with E-state index in [1.165, 1.54) is 12.4 Å². The molecule has 7 nitrogen and oxygen atoms in total. The monoisotopic (exact) mass is 329 g/mol. The summed E-state index contributed by atoms with van der Waals surface area (Å²) in [6, 6.07) is 5.83. The zero-order chi connectivity index (χ0) is 17.1. The van der Waals surface area contributed by atoms with Gasteiger partial charge in [0.1, 0.15) is 19.0 Å². The van der Waals surface area contributed by atoms with Crippen LogP contribution in [0.4, 0.5) is 5.82 Å². The molecule has 1 aromatic heterocycles. The van der Waals surface area contributed by atoms with Gasteiger partial charge in [0.25, 0.3) is 0 Å². The molecule has 1 aliphatic heterocycles. The molecule has 0 spiro atoms. The third-order valence-electron chi connectivity index (χ3n) is 3.77. The van der Waals surface area contributed by atoms with Gasteiger partial charge in [0, 0.05) is 0 Å². The summed E-state index contributed by atoms with van der Waals surface area (Å²) < 4.78 is 11.2. The van der Waals surface area contributed by atoms with Gasteiger partial charge < -0.3 is 19.9 Å². The van der Waals surface area contributed by atoms with Crippen molar-refractivity contribution in [1.29, 1.82) is 0 Å². The molecule has 2 heterocycles. The predicted octanol–water partition coefficient (Wildman–Crippen LogP) is 2.76. The van der Waals surface area contributed by atoms with Crippen LogP contribution in [-0.2, 0) is 0 Å². The summed E-state index contributed by atoms with van der Waals surface area (Å²) in [7, 11) is 0. The Labute approximate surface area is 139 Å². The molecule has 0 saturated carbocycles. The van der Waals surface area contributed by atoms with Crippen LogP contribution in [0.2, 0.25) is 0 Å². The molecule has 2 N–H and O–H groups in total. The van der Waals surface area contributed by atoms with E-state index in [2.05, 4.69) is 29.1 Å². The van der Waals surface area contributed by atoms with Crippen molar-refractivity contribution in [2.24, 2.45) is 5.92 Å². The van der Waals surface area contributed by atoms with E-state index < -0.39 is 5.97 Å². The number of aromatic carboxylic acids is 1. The highest BCUT2D eigenvalue weighted by Crippen LogP contribution is 2.35. The Balaban J connectivity index is 1.83. The predicted molar refractivity (Wildman–Crippen MR) is 87.6 cm³/mol. The number of rotatable bonds is 5. The van der Waals surface area contributed by atoms with Gasteiger partial charge in [-0.2, -0.15) is 0 Å². The first-order valence-electron chi connectivity index (χ1n) is 7.76. The van der Waals surface area contributed by atoms with Crippen LogP contribution in [0.3, 0.4) is 0 Å². The molecule has 0 bridgehead atoms. The Morgan fingerprint density at radius 1 is 1.17 bits per heavy atom. The van der Waals surface area contributed by atoms with Crippen molar-refractivity contribution in [2.75, 3.05) is 18.5 Å². The van der Waals surface area contributed by atoms with Crippen LogP contribution < -0.4 is 14.8 Å². The fourth-order valence-electron chi connectivity index (χ4n) is 2.56. The highest BCUT2D eigenvalue weighted by Gasteiger charge is 2.20. The minimum atomic E-state index is -1.10. The van der Waals surface area contributed by atoms with E-state index in [0.29, 0.717) is 19.0 Å². The van der Waals surface area contributed by atoms with E-state index in [9.17, 15) is 4.79 Å². The molecule has 0 fully saturated rings. The smallest absolute Gasteiger partial charge is 0.356 e. The van der Waals surface area contributed by atoms with Gasteiger partial charge in [0.15, 0.2) is 17.2 Å². The Morgan fingerprint density at radius 3 is 2.54 bits per heavy atom. The second kappa shape index (κ2) is 6.74. The maximum atomic E-state index is 10.9. The Kier molecular flexibility index (Phi) is 4.50. The zero-order valence-corrected chi connectivity index (χ0v) is 13.5. The highest BCUT2D eigenvalue weighted by atomic mass is 16.6. The summed E-state index contributed by atoms with van der Waals surface area (Å²) in [5, 5.41) is 12.2. The van der Waals surface area contributed by atoms with Crippen molar-refractivity contribution in [1.82, 2.24) is 9.97 Å². The summed E-state index contributed by atoms with van der Waals surface area (Å²) in [6.07, 6.45) is 2.67. The van der Waals surface area contributed by atoms with E-state index in [1.807, 2.05) is 18.2 Å². The normalized spacial score (nSPS) is 14.3. The topological polar surface area (TPSA) is 93.6 Å². The first kappa shape index (κ1) is 16.0. The van der Waals surface area contributed by atoms with Crippen LogP contribution in [0.5, 0.6) is 11.5 Å². The van der Waals surface area contributed by atoms with Crippen molar-refractivity contribution in [3.63, 3.8) is 0 Å². The number of aromatic nitrogens is 2. The molecule has 1 unspecified atom stereocenters. The Morgan fingerprint density at radius 2 is 1.92 bits per heavy atom. The molecule has 3 rings (SSSR count). The average Bonchev–Trinajstić information content (AvgIpc) is 2.59. The lowest BCUT2D eigenvalue weighted by Crippen LogP contribution is -2.19. The molecule has 0 radical (unpaired) electrons. The molecule has 7 heteroatoms. The quantitative estimate of drug-likeness (QED) is 0.871. The molecular weight excluding hydrogens is 310 g/mol. The summed E-state index contributed by atoms with van der Waals surface area (Å²) >= 11 is 0. The minimum absolute atomic E-state index is 0.0224. The third kappa shape index (κ3) is 3.40. The van der Waals surface area contributed by atoms with Crippen LogP contribution in [0, 0.1) is 5.92 Å². The summed E-state index contributed by atoms with van der Waals surface area (Å²) in [5.41, 5.74) is 0.958. The standard InChI is InChI=1S/C17H19N3O4/c1-10(2)16(20-15-9-18-12(8-19-15)17(21)22)11-3-4-13-14(7-11)24-6-5-23-13/h3-4,7-10,16H,5-6H2,1-2H3,(H,19,20)(H,21,22). The van der Waals surface area contributed by atoms with Crippen molar-refractivity contribution >= 4 is 11.8 Å². The Hall–Kier alpha value is -2.83. The number of ether oxygens (including phenoxy) is 2. The van der Waals surface area contributed by atoms with Gasteiger partial charge in [-0.3, -0.25) is 0 Å². The third-order valence-corrected chi connectivity index (χ3v) is 3.77. The second-order valence-electron chi connectivity index (χ2n) is 5.86. The zero-order valence-electron chi connectivity index (χ0n) is 13.5. The minimum Gasteiger partial charge on any atom is -0.486 e. The number of benzene rings is 1. The van der Waals surface area contributed by atoms with Crippen LogP contribution in [0.1, 0.15) is 35.9 Å². The van der Waals surface area contributed by atoms with Gasteiger partial charge in [-0.15, -0.1) is 0 Å². The molecule has 2 aromatic rings. The van der Waals surface area contributed by atoms with Crippen LogP contribution in [0.25, 0.3) is 0 Å². The van der Waals surface area contributed by atoms with E-state index in [-0.39, 0.29) is 17.7 Å². The fraction of sp³-hybridized carbons (Fsp3) is 0.353. The number of carbonyl (C=O) groups is 1. The largest absolute Gasteiger partial charge is 0.486 e. The number of hydrogen-bond acceptors (Lipinski definition) is 6. The number of hydrogen-bond donors (Lipinski definition) is 2. The van der Waals surface area contributed by atoms with E-state index >= 15 is 0 Å². The van der Waals surface area contributed by atoms with Gasteiger partial charge in [-0.25, -0.2) is 14.8 Å². The molecule has 1 atom stereocenters. The number of nitrogens with one attached hydrogen (secondary N) is 1.